The molecule has 33 heavy (non-hydrogen) atoms. The number of benzene rings is 2. The zero-order valence-corrected chi connectivity index (χ0v) is 19.7. The van der Waals surface area contributed by atoms with Crippen LogP contribution in [0.4, 0.5) is 0 Å². The summed E-state index contributed by atoms with van der Waals surface area (Å²) in [5.41, 5.74) is 3.74. The SMILES string of the molecule is COc1cccc(C2c3cccn3CCN2C(=O)CN(C(=O)c2ccc(C)cc2)C(C)C)c1. The molecule has 0 bridgehead atoms. The Bertz CT molecular complexity index is 1130. The fourth-order valence-corrected chi connectivity index (χ4v) is 4.40. The molecule has 6 heteroatoms. The van der Waals surface area contributed by atoms with Crippen molar-refractivity contribution in [2.24, 2.45) is 0 Å². The molecule has 4 rings (SSSR count). The fourth-order valence-electron chi connectivity index (χ4n) is 4.40. The summed E-state index contributed by atoms with van der Waals surface area (Å²) >= 11 is 0. The zero-order valence-electron chi connectivity index (χ0n) is 19.7. The Morgan fingerprint density at radius 2 is 1.82 bits per heavy atom. The van der Waals surface area contributed by atoms with Gasteiger partial charge in [0.25, 0.3) is 5.91 Å². The maximum atomic E-state index is 13.7. The number of hydrogen-bond acceptors (Lipinski definition) is 3. The van der Waals surface area contributed by atoms with E-state index in [2.05, 4.69) is 10.6 Å². The lowest BCUT2D eigenvalue weighted by Crippen LogP contribution is -2.49. The minimum absolute atomic E-state index is 0.0333. The molecule has 1 aromatic heterocycles. The van der Waals surface area contributed by atoms with Gasteiger partial charge in [-0.05, 0) is 62.7 Å². The second-order valence-corrected chi connectivity index (χ2v) is 8.79. The molecule has 1 aliphatic heterocycles. The summed E-state index contributed by atoms with van der Waals surface area (Å²) in [6.45, 7) is 7.21. The number of aryl methyl sites for hydroxylation is 1. The maximum absolute atomic E-state index is 13.7. The average Bonchev–Trinajstić information content (AvgIpc) is 3.30. The molecular weight excluding hydrogens is 414 g/mol. The van der Waals surface area contributed by atoms with Gasteiger partial charge in [0.1, 0.15) is 12.3 Å². The molecule has 0 aliphatic carbocycles. The van der Waals surface area contributed by atoms with Gasteiger partial charge in [-0.15, -0.1) is 0 Å². The quantitative estimate of drug-likeness (QED) is 0.569. The van der Waals surface area contributed by atoms with E-state index < -0.39 is 0 Å². The van der Waals surface area contributed by atoms with E-state index in [1.165, 1.54) is 0 Å². The van der Waals surface area contributed by atoms with Crippen molar-refractivity contribution in [3.05, 3.63) is 89.2 Å². The molecule has 0 saturated carbocycles. The van der Waals surface area contributed by atoms with Crippen molar-refractivity contribution in [2.45, 2.75) is 39.4 Å². The van der Waals surface area contributed by atoms with Crippen LogP contribution < -0.4 is 4.74 Å². The van der Waals surface area contributed by atoms with Gasteiger partial charge in [0.2, 0.25) is 5.91 Å². The fraction of sp³-hybridized carbons (Fsp3) is 0.333. The Morgan fingerprint density at radius 1 is 1.06 bits per heavy atom. The normalized spacial score (nSPS) is 15.3. The molecule has 1 unspecified atom stereocenters. The van der Waals surface area contributed by atoms with Crippen molar-refractivity contribution in [2.75, 3.05) is 20.2 Å². The summed E-state index contributed by atoms with van der Waals surface area (Å²) < 4.78 is 7.62. The van der Waals surface area contributed by atoms with Gasteiger partial charge < -0.3 is 19.1 Å². The first-order chi connectivity index (χ1) is 15.9. The van der Waals surface area contributed by atoms with Crippen LogP contribution in [0.2, 0.25) is 0 Å². The third-order valence-electron chi connectivity index (χ3n) is 6.26. The topological polar surface area (TPSA) is 54.8 Å². The summed E-state index contributed by atoms with van der Waals surface area (Å²) in [7, 11) is 1.64. The van der Waals surface area contributed by atoms with E-state index in [4.69, 9.17) is 4.74 Å². The largest absolute Gasteiger partial charge is 0.497 e. The number of nitrogens with zero attached hydrogens (tertiary/aromatic N) is 3. The molecule has 172 valence electrons. The van der Waals surface area contributed by atoms with Gasteiger partial charge in [-0.3, -0.25) is 9.59 Å². The Labute approximate surface area is 195 Å². The van der Waals surface area contributed by atoms with Gasteiger partial charge in [-0.2, -0.15) is 0 Å². The van der Waals surface area contributed by atoms with Gasteiger partial charge >= 0.3 is 0 Å². The Morgan fingerprint density at radius 3 is 2.52 bits per heavy atom. The van der Waals surface area contributed by atoms with Crippen LogP contribution in [0.1, 0.15) is 47.1 Å². The lowest BCUT2D eigenvalue weighted by molar-refractivity contribution is -0.135. The highest BCUT2D eigenvalue weighted by Gasteiger charge is 2.34. The molecule has 1 aliphatic rings. The maximum Gasteiger partial charge on any atom is 0.254 e. The summed E-state index contributed by atoms with van der Waals surface area (Å²) in [5, 5.41) is 0. The van der Waals surface area contributed by atoms with E-state index in [0.717, 1.165) is 29.1 Å². The molecule has 2 amide bonds. The Balaban J connectivity index is 1.63. The first-order valence-corrected chi connectivity index (χ1v) is 11.3. The van der Waals surface area contributed by atoms with Crippen LogP contribution in [0.25, 0.3) is 0 Å². The van der Waals surface area contributed by atoms with Crippen LogP contribution in [0.5, 0.6) is 5.75 Å². The number of amides is 2. The van der Waals surface area contributed by atoms with E-state index in [-0.39, 0.29) is 30.4 Å². The average molecular weight is 446 g/mol. The molecular formula is C27H31N3O3. The number of methoxy groups -OCH3 is 1. The monoisotopic (exact) mass is 445 g/mol. The zero-order chi connectivity index (χ0) is 23.5. The second-order valence-electron chi connectivity index (χ2n) is 8.79. The number of ether oxygens (including phenoxy) is 1. The summed E-state index contributed by atoms with van der Waals surface area (Å²) in [6, 6.07) is 19.1. The highest BCUT2D eigenvalue weighted by atomic mass is 16.5. The van der Waals surface area contributed by atoms with Gasteiger partial charge in [-0.1, -0.05) is 29.8 Å². The molecule has 2 aromatic carbocycles. The van der Waals surface area contributed by atoms with Crippen molar-refractivity contribution in [3.63, 3.8) is 0 Å². The number of carbonyl (C=O) groups excluding carboxylic acids is 2. The number of carbonyl (C=O) groups is 2. The van der Waals surface area contributed by atoms with E-state index in [1.807, 2.05) is 86.5 Å². The second kappa shape index (κ2) is 9.53. The lowest BCUT2D eigenvalue weighted by atomic mass is 9.99. The minimum atomic E-state index is -0.236. The third-order valence-corrected chi connectivity index (χ3v) is 6.26. The smallest absolute Gasteiger partial charge is 0.254 e. The molecule has 0 radical (unpaired) electrons. The third kappa shape index (κ3) is 4.65. The number of hydrogen-bond donors (Lipinski definition) is 0. The van der Waals surface area contributed by atoms with Gasteiger partial charge in [0.15, 0.2) is 0 Å². The van der Waals surface area contributed by atoms with E-state index in [1.54, 1.807) is 12.0 Å². The molecule has 0 saturated heterocycles. The minimum Gasteiger partial charge on any atom is -0.497 e. The highest BCUT2D eigenvalue weighted by Crippen LogP contribution is 2.34. The van der Waals surface area contributed by atoms with Crippen molar-refractivity contribution in [1.82, 2.24) is 14.4 Å². The summed E-state index contributed by atoms with van der Waals surface area (Å²) in [5.74, 6) is 0.558. The van der Waals surface area contributed by atoms with Crippen LogP contribution in [-0.2, 0) is 11.3 Å². The van der Waals surface area contributed by atoms with Crippen LogP contribution in [-0.4, -0.2) is 52.4 Å². The molecule has 3 aromatic rings. The number of aromatic nitrogens is 1. The molecule has 6 nitrogen and oxygen atoms in total. The van der Waals surface area contributed by atoms with E-state index >= 15 is 0 Å². The molecule has 0 N–H and O–H groups in total. The van der Waals surface area contributed by atoms with Crippen molar-refractivity contribution < 1.29 is 14.3 Å². The molecule has 1 atom stereocenters. The van der Waals surface area contributed by atoms with Crippen LogP contribution in [0.3, 0.4) is 0 Å². The van der Waals surface area contributed by atoms with Crippen molar-refractivity contribution >= 4 is 11.8 Å². The van der Waals surface area contributed by atoms with E-state index in [9.17, 15) is 9.59 Å². The highest BCUT2D eigenvalue weighted by molar-refractivity contribution is 5.96. The summed E-state index contributed by atoms with van der Waals surface area (Å²) in [6.07, 6.45) is 2.05. The Kier molecular flexibility index (Phi) is 6.54. The van der Waals surface area contributed by atoms with Crippen LogP contribution in [0, 0.1) is 6.92 Å². The van der Waals surface area contributed by atoms with Crippen LogP contribution in [0.15, 0.2) is 66.9 Å². The van der Waals surface area contributed by atoms with Crippen molar-refractivity contribution in [3.8, 4) is 5.75 Å². The Hall–Kier alpha value is -3.54. The number of rotatable bonds is 6. The van der Waals surface area contributed by atoms with Crippen LogP contribution >= 0.6 is 0 Å². The van der Waals surface area contributed by atoms with Gasteiger partial charge in [-0.25, -0.2) is 0 Å². The van der Waals surface area contributed by atoms with Crippen molar-refractivity contribution in [1.29, 1.82) is 0 Å². The standard InChI is InChI=1S/C27H31N3O3/c1-19(2)30(27(32)21-12-10-20(3)11-13-21)18-25(31)29-16-15-28-14-6-9-24(28)26(29)22-7-5-8-23(17-22)33-4/h5-14,17,19,26H,15-16,18H2,1-4H3. The number of fused-ring (bicyclic) bond motifs is 1. The molecule has 0 spiro atoms. The molecule has 0 fully saturated rings. The molecule has 2 heterocycles. The first-order valence-electron chi connectivity index (χ1n) is 11.3. The summed E-state index contributed by atoms with van der Waals surface area (Å²) in [4.78, 5) is 30.5. The van der Waals surface area contributed by atoms with Gasteiger partial charge in [0, 0.05) is 36.6 Å². The predicted molar refractivity (Wildman–Crippen MR) is 128 cm³/mol. The van der Waals surface area contributed by atoms with E-state index in [0.29, 0.717) is 12.1 Å². The van der Waals surface area contributed by atoms with Gasteiger partial charge in [0.05, 0.1) is 13.2 Å². The first kappa shape index (κ1) is 22.6. The predicted octanol–water partition coefficient (Wildman–Crippen LogP) is 4.29. The lowest BCUT2D eigenvalue weighted by Gasteiger charge is -2.39.